The minimum absolute atomic E-state index is 0.0814. The maximum Gasteiger partial charge on any atom is 0.0499 e. The third-order valence-electron chi connectivity index (χ3n) is 5.08. The van der Waals surface area contributed by atoms with Gasteiger partial charge in [-0.15, -0.1) is 0 Å². The van der Waals surface area contributed by atoms with E-state index in [0.29, 0.717) is 12.6 Å². The first-order chi connectivity index (χ1) is 10.1. The molecule has 0 saturated heterocycles. The van der Waals surface area contributed by atoms with Crippen LogP contribution >= 0.6 is 11.6 Å². The number of aliphatic hydroxyl groups excluding tert-OH is 1. The third kappa shape index (κ3) is 4.45. The summed E-state index contributed by atoms with van der Waals surface area (Å²) in [4.78, 5) is 2.37. The summed E-state index contributed by atoms with van der Waals surface area (Å²) in [6.07, 6.45) is 7.43. The summed E-state index contributed by atoms with van der Waals surface area (Å²) in [7, 11) is 2.16. The lowest BCUT2D eigenvalue weighted by Gasteiger charge is -2.37. The Hall–Kier alpha value is -0.570. The molecule has 1 aromatic carbocycles. The monoisotopic (exact) mass is 309 g/mol. The van der Waals surface area contributed by atoms with Crippen LogP contribution in [0.1, 0.15) is 57.1 Å². The molecule has 0 spiro atoms. The zero-order valence-corrected chi connectivity index (χ0v) is 14.1. The quantitative estimate of drug-likeness (QED) is 0.799. The van der Waals surface area contributed by atoms with Gasteiger partial charge in [0.25, 0.3) is 0 Å². The molecule has 1 aliphatic carbocycles. The Kier molecular flexibility index (Phi) is 6.09. The fourth-order valence-corrected chi connectivity index (χ4v) is 3.73. The summed E-state index contributed by atoms with van der Waals surface area (Å²) in [6.45, 7) is 3.48. The van der Waals surface area contributed by atoms with Crippen molar-refractivity contribution in [3.8, 4) is 0 Å². The third-order valence-corrected chi connectivity index (χ3v) is 5.31. The van der Waals surface area contributed by atoms with Gasteiger partial charge >= 0.3 is 0 Å². The highest BCUT2D eigenvalue weighted by molar-refractivity contribution is 6.30. The molecule has 1 saturated carbocycles. The second-order valence-electron chi connectivity index (χ2n) is 6.72. The zero-order chi connectivity index (χ0) is 15.3. The molecule has 2 rings (SSSR count). The van der Waals surface area contributed by atoms with Crippen molar-refractivity contribution in [2.24, 2.45) is 5.41 Å². The molecule has 1 aliphatic rings. The smallest absolute Gasteiger partial charge is 0.0499 e. The lowest BCUT2D eigenvalue weighted by molar-refractivity contribution is 0.0560. The van der Waals surface area contributed by atoms with E-state index in [9.17, 15) is 5.11 Å². The first-order valence-corrected chi connectivity index (χ1v) is 8.51. The van der Waals surface area contributed by atoms with E-state index in [-0.39, 0.29) is 5.41 Å². The number of hydrogen-bond donors (Lipinski definition) is 1. The van der Waals surface area contributed by atoms with Crippen molar-refractivity contribution < 1.29 is 5.11 Å². The molecule has 1 aromatic rings. The maximum atomic E-state index is 9.96. The predicted molar refractivity (Wildman–Crippen MR) is 89.7 cm³/mol. The Labute approximate surface area is 134 Å². The number of aliphatic hydroxyl groups is 1. The normalized spacial score (nSPS) is 20.2. The molecular formula is C18H28ClNO. The van der Waals surface area contributed by atoms with Crippen molar-refractivity contribution in [1.82, 2.24) is 4.90 Å². The van der Waals surface area contributed by atoms with Crippen molar-refractivity contribution in [1.29, 1.82) is 0 Å². The lowest BCUT2D eigenvalue weighted by Crippen LogP contribution is -2.39. The molecule has 2 nitrogen and oxygen atoms in total. The van der Waals surface area contributed by atoms with Crippen molar-refractivity contribution in [3.63, 3.8) is 0 Å². The topological polar surface area (TPSA) is 23.5 Å². The zero-order valence-electron chi connectivity index (χ0n) is 13.3. The highest BCUT2D eigenvalue weighted by Crippen LogP contribution is 2.37. The number of nitrogens with zero attached hydrogens (tertiary/aromatic N) is 1. The van der Waals surface area contributed by atoms with Gasteiger partial charge < -0.3 is 5.11 Å². The van der Waals surface area contributed by atoms with Gasteiger partial charge in [0.1, 0.15) is 0 Å². The molecule has 21 heavy (non-hydrogen) atoms. The fraction of sp³-hybridized carbons (Fsp3) is 0.667. The SMILES string of the molecule is CC(c1cccc(Cl)c1)N(C)CC1(CO)CCCCCC1. The van der Waals surface area contributed by atoms with Crippen LogP contribution in [-0.2, 0) is 0 Å². The number of benzene rings is 1. The van der Waals surface area contributed by atoms with Crippen LogP contribution in [0.4, 0.5) is 0 Å². The Morgan fingerprint density at radius 3 is 2.48 bits per heavy atom. The molecule has 0 heterocycles. The average molecular weight is 310 g/mol. The maximum absolute atomic E-state index is 9.96. The van der Waals surface area contributed by atoms with Gasteiger partial charge in [-0.1, -0.05) is 49.4 Å². The minimum Gasteiger partial charge on any atom is -0.396 e. The van der Waals surface area contributed by atoms with Crippen LogP contribution in [-0.4, -0.2) is 30.2 Å². The Balaban J connectivity index is 2.06. The first kappa shape index (κ1) is 16.8. The minimum atomic E-state index is 0.0814. The van der Waals surface area contributed by atoms with E-state index in [1.54, 1.807) is 0 Å². The van der Waals surface area contributed by atoms with Crippen LogP contribution < -0.4 is 0 Å². The molecule has 0 amide bonds. The summed E-state index contributed by atoms with van der Waals surface area (Å²) < 4.78 is 0. The van der Waals surface area contributed by atoms with Crippen LogP contribution in [0, 0.1) is 5.41 Å². The summed E-state index contributed by atoms with van der Waals surface area (Å²) in [5.74, 6) is 0. The van der Waals surface area contributed by atoms with E-state index in [1.165, 1.54) is 31.2 Å². The van der Waals surface area contributed by atoms with E-state index in [0.717, 1.165) is 24.4 Å². The van der Waals surface area contributed by atoms with Crippen molar-refractivity contribution in [3.05, 3.63) is 34.9 Å². The Morgan fingerprint density at radius 2 is 1.90 bits per heavy atom. The van der Waals surface area contributed by atoms with Crippen molar-refractivity contribution >= 4 is 11.6 Å². The molecule has 0 aromatic heterocycles. The fourth-order valence-electron chi connectivity index (χ4n) is 3.53. The highest BCUT2D eigenvalue weighted by Gasteiger charge is 2.32. The van der Waals surface area contributed by atoms with E-state index < -0.39 is 0 Å². The summed E-state index contributed by atoms with van der Waals surface area (Å²) in [5, 5.41) is 10.8. The van der Waals surface area contributed by atoms with E-state index in [4.69, 9.17) is 11.6 Å². The van der Waals surface area contributed by atoms with E-state index in [1.807, 2.05) is 18.2 Å². The predicted octanol–water partition coefficient (Wildman–Crippen LogP) is 4.67. The average Bonchev–Trinajstić information content (AvgIpc) is 2.72. The summed E-state index contributed by atoms with van der Waals surface area (Å²) >= 11 is 6.10. The van der Waals surface area contributed by atoms with Gasteiger partial charge in [-0.2, -0.15) is 0 Å². The van der Waals surface area contributed by atoms with Gasteiger partial charge in [-0.05, 0) is 44.5 Å². The molecule has 0 radical (unpaired) electrons. The summed E-state index contributed by atoms with van der Waals surface area (Å²) in [6, 6.07) is 8.41. The molecule has 0 bridgehead atoms. The van der Waals surface area contributed by atoms with Crippen LogP contribution in [0.2, 0.25) is 5.02 Å². The molecule has 3 heteroatoms. The highest BCUT2D eigenvalue weighted by atomic mass is 35.5. The molecule has 1 fully saturated rings. The number of halogens is 1. The van der Waals surface area contributed by atoms with Crippen LogP contribution in [0.25, 0.3) is 0 Å². The Bertz CT molecular complexity index is 441. The Morgan fingerprint density at radius 1 is 1.24 bits per heavy atom. The van der Waals surface area contributed by atoms with Crippen LogP contribution in [0.5, 0.6) is 0 Å². The van der Waals surface area contributed by atoms with Gasteiger partial charge in [-0.25, -0.2) is 0 Å². The van der Waals surface area contributed by atoms with Crippen molar-refractivity contribution in [2.75, 3.05) is 20.2 Å². The molecular weight excluding hydrogens is 282 g/mol. The van der Waals surface area contributed by atoms with Gasteiger partial charge in [0.05, 0.1) is 0 Å². The molecule has 118 valence electrons. The molecule has 1 N–H and O–H groups in total. The van der Waals surface area contributed by atoms with Gasteiger partial charge in [0, 0.05) is 29.6 Å². The van der Waals surface area contributed by atoms with E-state index >= 15 is 0 Å². The number of rotatable bonds is 5. The molecule has 1 unspecified atom stereocenters. The second-order valence-corrected chi connectivity index (χ2v) is 7.15. The standard InChI is InChI=1S/C18H28ClNO/c1-15(16-8-7-9-17(19)12-16)20(2)13-18(14-21)10-5-3-4-6-11-18/h7-9,12,15,21H,3-6,10-11,13-14H2,1-2H3. The van der Waals surface area contributed by atoms with Crippen LogP contribution in [0.15, 0.2) is 24.3 Å². The lowest BCUT2D eigenvalue weighted by atomic mass is 9.80. The van der Waals surface area contributed by atoms with Gasteiger partial charge in [-0.3, -0.25) is 4.90 Å². The summed E-state index contributed by atoms with van der Waals surface area (Å²) in [5.41, 5.74) is 1.32. The van der Waals surface area contributed by atoms with E-state index in [2.05, 4.69) is 24.9 Å². The second kappa shape index (κ2) is 7.62. The van der Waals surface area contributed by atoms with Gasteiger partial charge in [0.2, 0.25) is 0 Å². The molecule has 1 atom stereocenters. The van der Waals surface area contributed by atoms with Crippen LogP contribution in [0.3, 0.4) is 0 Å². The largest absolute Gasteiger partial charge is 0.396 e. The van der Waals surface area contributed by atoms with Gasteiger partial charge in [0.15, 0.2) is 0 Å². The van der Waals surface area contributed by atoms with Crippen molar-refractivity contribution in [2.45, 2.75) is 51.5 Å². The number of hydrogen-bond acceptors (Lipinski definition) is 2. The first-order valence-electron chi connectivity index (χ1n) is 8.13. The molecule has 0 aliphatic heterocycles.